The average Bonchev–Trinajstić information content (AvgIpc) is 2.58. The monoisotopic (exact) mass is 183 g/mol. The predicted octanol–water partition coefficient (Wildman–Crippen LogP) is 0.768. The molecule has 74 valence electrons. The molecule has 2 rings (SSSR count). The molecular weight excluding hydrogens is 166 g/mol. The Morgan fingerprint density at radius 1 is 1.54 bits per heavy atom. The molecule has 0 spiro atoms. The predicted molar refractivity (Wildman–Crippen MR) is 49.1 cm³/mol. The van der Waals surface area contributed by atoms with Gasteiger partial charge in [0.25, 0.3) is 0 Å². The number of hydrogen-bond donors (Lipinski definition) is 1. The fraction of sp³-hybridized carbons (Fsp3) is 0.900. The summed E-state index contributed by atoms with van der Waals surface area (Å²) in [4.78, 5) is 13.8. The molecule has 0 saturated carbocycles. The molecule has 3 heteroatoms. The molecule has 2 fully saturated rings. The van der Waals surface area contributed by atoms with Crippen molar-refractivity contribution in [3.05, 3.63) is 0 Å². The summed E-state index contributed by atoms with van der Waals surface area (Å²) >= 11 is 0. The van der Waals surface area contributed by atoms with Gasteiger partial charge in [-0.15, -0.1) is 0 Å². The van der Waals surface area contributed by atoms with Crippen molar-refractivity contribution in [2.45, 2.75) is 44.7 Å². The Balaban J connectivity index is 2.06. The summed E-state index contributed by atoms with van der Waals surface area (Å²) in [5.41, 5.74) is 0. The van der Waals surface area contributed by atoms with Crippen LogP contribution >= 0.6 is 0 Å². The van der Waals surface area contributed by atoms with Gasteiger partial charge in [0, 0.05) is 24.6 Å². The van der Waals surface area contributed by atoms with Crippen LogP contribution in [0.25, 0.3) is 0 Å². The zero-order valence-electron chi connectivity index (χ0n) is 8.07. The largest absolute Gasteiger partial charge is 0.396 e. The Hall–Kier alpha value is -0.570. The van der Waals surface area contributed by atoms with Gasteiger partial charge in [-0.05, 0) is 32.6 Å². The van der Waals surface area contributed by atoms with Crippen molar-refractivity contribution in [2.24, 2.45) is 5.92 Å². The van der Waals surface area contributed by atoms with E-state index in [1.165, 1.54) is 0 Å². The SMILES string of the molecule is CC1CCC2CC(CCO)C(=O)N12. The lowest BCUT2D eigenvalue weighted by atomic mass is 9.99. The second-order valence-electron chi connectivity index (χ2n) is 4.27. The minimum absolute atomic E-state index is 0.109. The number of hydrogen-bond acceptors (Lipinski definition) is 2. The Morgan fingerprint density at radius 3 is 2.92 bits per heavy atom. The first-order chi connectivity index (χ1) is 6.24. The van der Waals surface area contributed by atoms with Gasteiger partial charge in [-0.25, -0.2) is 0 Å². The van der Waals surface area contributed by atoms with Crippen LogP contribution in [0.3, 0.4) is 0 Å². The van der Waals surface area contributed by atoms with Gasteiger partial charge in [-0.1, -0.05) is 0 Å². The highest BCUT2D eigenvalue weighted by Gasteiger charge is 2.44. The summed E-state index contributed by atoms with van der Waals surface area (Å²) in [6.07, 6.45) is 3.94. The van der Waals surface area contributed by atoms with Crippen molar-refractivity contribution >= 4 is 5.91 Å². The van der Waals surface area contributed by atoms with E-state index in [0.29, 0.717) is 18.5 Å². The molecule has 3 nitrogen and oxygen atoms in total. The van der Waals surface area contributed by atoms with E-state index < -0.39 is 0 Å². The smallest absolute Gasteiger partial charge is 0.226 e. The van der Waals surface area contributed by atoms with E-state index in [4.69, 9.17) is 5.11 Å². The van der Waals surface area contributed by atoms with Crippen LogP contribution in [0.5, 0.6) is 0 Å². The lowest BCUT2D eigenvalue weighted by Crippen LogP contribution is -2.34. The third kappa shape index (κ3) is 1.35. The molecule has 0 aromatic carbocycles. The van der Waals surface area contributed by atoms with Gasteiger partial charge in [0.2, 0.25) is 5.91 Å². The van der Waals surface area contributed by atoms with Gasteiger partial charge < -0.3 is 10.0 Å². The Morgan fingerprint density at radius 2 is 2.31 bits per heavy atom. The van der Waals surface area contributed by atoms with Gasteiger partial charge in [-0.3, -0.25) is 4.79 Å². The molecule has 2 heterocycles. The zero-order chi connectivity index (χ0) is 9.42. The summed E-state index contributed by atoms with van der Waals surface area (Å²) in [5.74, 6) is 0.391. The molecule has 0 aromatic heterocycles. The van der Waals surface area contributed by atoms with Crippen LogP contribution in [0, 0.1) is 5.92 Å². The molecule has 3 unspecified atom stereocenters. The average molecular weight is 183 g/mol. The third-order valence-electron chi connectivity index (χ3n) is 3.42. The zero-order valence-corrected chi connectivity index (χ0v) is 8.07. The van der Waals surface area contributed by atoms with Crippen LogP contribution in [-0.4, -0.2) is 34.6 Å². The minimum Gasteiger partial charge on any atom is -0.396 e. The normalized spacial score (nSPS) is 38.5. The van der Waals surface area contributed by atoms with Gasteiger partial charge in [0.15, 0.2) is 0 Å². The van der Waals surface area contributed by atoms with E-state index in [2.05, 4.69) is 6.92 Å². The lowest BCUT2D eigenvalue weighted by molar-refractivity contribution is -0.132. The summed E-state index contributed by atoms with van der Waals surface area (Å²) in [6.45, 7) is 2.27. The van der Waals surface area contributed by atoms with E-state index in [-0.39, 0.29) is 18.4 Å². The van der Waals surface area contributed by atoms with E-state index in [1.807, 2.05) is 4.90 Å². The first-order valence-corrected chi connectivity index (χ1v) is 5.17. The van der Waals surface area contributed by atoms with Crippen molar-refractivity contribution in [1.82, 2.24) is 4.90 Å². The molecule has 0 aliphatic carbocycles. The Bertz CT molecular complexity index is 217. The number of amides is 1. The number of fused-ring (bicyclic) bond motifs is 1. The van der Waals surface area contributed by atoms with Crippen molar-refractivity contribution in [3.63, 3.8) is 0 Å². The Labute approximate surface area is 78.7 Å². The maximum Gasteiger partial charge on any atom is 0.226 e. The fourth-order valence-corrected chi connectivity index (χ4v) is 2.74. The lowest BCUT2D eigenvalue weighted by Gasteiger charge is -2.21. The number of aliphatic hydroxyl groups is 1. The topological polar surface area (TPSA) is 40.5 Å². The summed E-state index contributed by atoms with van der Waals surface area (Å²) in [5, 5.41) is 8.80. The molecule has 0 bridgehead atoms. The van der Waals surface area contributed by atoms with Crippen molar-refractivity contribution in [2.75, 3.05) is 6.61 Å². The second-order valence-corrected chi connectivity index (χ2v) is 4.27. The number of nitrogens with zero attached hydrogens (tertiary/aromatic N) is 1. The summed E-state index contributed by atoms with van der Waals surface area (Å²) in [6, 6.07) is 0.917. The van der Waals surface area contributed by atoms with E-state index in [1.54, 1.807) is 0 Å². The summed E-state index contributed by atoms with van der Waals surface area (Å²) in [7, 11) is 0. The van der Waals surface area contributed by atoms with Crippen molar-refractivity contribution < 1.29 is 9.90 Å². The minimum atomic E-state index is 0.109. The number of aliphatic hydroxyl groups excluding tert-OH is 1. The van der Waals surface area contributed by atoms with Gasteiger partial charge in [0.1, 0.15) is 0 Å². The standard InChI is InChI=1S/C10H17NO2/c1-7-2-3-9-6-8(4-5-12)10(13)11(7)9/h7-9,12H,2-6H2,1H3. The highest BCUT2D eigenvalue weighted by Crippen LogP contribution is 2.37. The molecule has 1 amide bonds. The quantitative estimate of drug-likeness (QED) is 0.687. The van der Waals surface area contributed by atoms with Gasteiger partial charge >= 0.3 is 0 Å². The van der Waals surface area contributed by atoms with Crippen LogP contribution in [0.2, 0.25) is 0 Å². The maximum atomic E-state index is 11.8. The molecule has 1 N–H and O–H groups in total. The second kappa shape index (κ2) is 3.29. The number of carbonyl (C=O) groups excluding carboxylic acids is 1. The van der Waals surface area contributed by atoms with Crippen LogP contribution in [-0.2, 0) is 4.79 Å². The van der Waals surface area contributed by atoms with Gasteiger partial charge in [0.05, 0.1) is 0 Å². The third-order valence-corrected chi connectivity index (χ3v) is 3.42. The van der Waals surface area contributed by atoms with Crippen LogP contribution in [0.1, 0.15) is 32.6 Å². The molecule has 2 aliphatic rings. The van der Waals surface area contributed by atoms with Crippen LogP contribution in [0.15, 0.2) is 0 Å². The first-order valence-electron chi connectivity index (χ1n) is 5.17. The molecule has 0 radical (unpaired) electrons. The molecule has 0 aromatic rings. The maximum absolute atomic E-state index is 11.8. The highest BCUT2D eigenvalue weighted by atomic mass is 16.3. The molecule has 13 heavy (non-hydrogen) atoms. The molecule has 3 atom stereocenters. The van der Waals surface area contributed by atoms with Crippen molar-refractivity contribution in [1.29, 1.82) is 0 Å². The van der Waals surface area contributed by atoms with Crippen molar-refractivity contribution in [3.8, 4) is 0 Å². The molecule has 2 aliphatic heterocycles. The highest BCUT2D eigenvalue weighted by molar-refractivity contribution is 5.82. The van der Waals surface area contributed by atoms with Crippen LogP contribution < -0.4 is 0 Å². The van der Waals surface area contributed by atoms with E-state index in [9.17, 15) is 4.79 Å². The first kappa shape index (κ1) is 9.00. The van der Waals surface area contributed by atoms with Gasteiger partial charge in [-0.2, -0.15) is 0 Å². The number of carbonyl (C=O) groups is 1. The Kier molecular flexibility index (Phi) is 2.28. The van der Waals surface area contributed by atoms with E-state index >= 15 is 0 Å². The number of rotatable bonds is 2. The molecule has 2 saturated heterocycles. The van der Waals surface area contributed by atoms with E-state index in [0.717, 1.165) is 19.3 Å². The molecular formula is C10H17NO2. The summed E-state index contributed by atoms with van der Waals surface area (Å²) < 4.78 is 0. The van der Waals surface area contributed by atoms with Crippen LogP contribution in [0.4, 0.5) is 0 Å². The fourth-order valence-electron chi connectivity index (χ4n) is 2.74.